The van der Waals surface area contributed by atoms with Crippen molar-refractivity contribution in [1.82, 2.24) is 13.1 Å². The molecule has 1 atom stereocenters. The van der Waals surface area contributed by atoms with Crippen molar-refractivity contribution in [3.63, 3.8) is 0 Å². The monoisotopic (exact) mass is 441 g/mol. The van der Waals surface area contributed by atoms with Gasteiger partial charge < -0.3 is 4.74 Å². The maximum absolute atomic E-state index is 12.8. The second-order valence-corrected chi connectivity index (χ2v) is 14.0. The molecule has 0 spiro atoms. The van der Waals surface area contributed by atoms with Crippen LogP contribution in [-0.2, 0) is 21.3 Å². The Labute approximate surface area is 159 Å². The Kier molecular flexibility index (Phi) is 10.2. The number of alkyl halides is 3. The highest BCUT2D eigenvalue weighted by molar-refractivity contribution is 8.70. The van der Waals surface area contributed by atoms with E-state index in [1.807, 2.05) is 6.92 Å². The summed E-state index contributed by atoms with van der Waals surface area (Å²) in [6.07, 6.45) is -5.33. The van der Waals surface area contributed by atoms with E-state index in [9.17, 15) is 22.8 Å². The van der Waals surface area contributed by atoms with Gasteiger partial charge in [0.05, 0.1) is 18.2 Å². The lowest BCUT2D eigenvalue weighted by molar-refractivity contribution is -0.179. The van der Waals surface area contributed by atoms with E-state index in [0.717, 1.165) is 34.9 Å². The highest BCUT2D eigenvalue weighted by atomic mass is 32.9. The van der Waals surface area contributed by atoms with Crippen LogP contribution in [0.1, 0.15) is 27.2 Å². The first-order valence-electron chi connectivity index (χ1n) is 7.23. The van der Waals surface area contributed by atoms with Gasteiger partial charge in [-0.1, -0.05) is 18.3 Å². The van der Waals surface area contributed by atoms with Crippen molar-refractivity contribution < 1.29 is 27.5 Å². The number of halogens is 3. The summed E-state index contributed by atoms with van der Waals surface area (Å²) in [5.41, 5.74) is -3.14. The van der Waals surface area contributed by atoms with E-state index in [-0.39, 0.29) is 6.10 Å². The van der Waals surface area contributed by atoms with Gasteiger partial charge in [-0.15, -0.1) is 0 Å². The van der Waals surface area contributed by atoms with E-state index in [1.165, 1.54) is 18.2 Å². The van der Waals surface area contributed by atoms with Crippen molar-refractivity contribution in [1.29, 1.82) is 0 Å². The van der Waals surface area contributed by atoms with Crippen molar-refractivity contribution in [2.24, 2.45) is 0 Å². The highest BCUT2D eigenvalue weighted by Gasteiger charge is 2.47. The molecule has 0 heterocycles. The largest absolute Gasteiger partial charge is 0.471 e. The first-order valence-corrected chi connectivity index (χ1v) is 12.3. The number of rotatable bonds is 8. The molecule has 0 bridgehead atoms. The smallest absolute Gasteiger partial charge is 0.446 e. The van der Waals surface area contributed by atoms with Crippen LogP contribution < -0.4 is 0 Å². The lowest BCUT2D eigenvalue weighted by Gasteiger charge is -2.38. The summed E-state index contributed by atoms with van der Waals surface area (Å²) in [6, 6.07) is 0. The lowest BCUT2D eigenvalue weighted by Crippen LogP contribution is -2.38. The van der Waals surface area contributed by atoms with Crippen LogP contribution in [0.25, 0.3) is 0 Å². The minimum atomic E-state index is -5.01. The van der Waals surface area contributed by atoms with E-state index >= 15 is 0 Å². The summed E-state index contributed by atoms with van der Waals surface area (Å²) in [5.74, 6) is -1.52. The fraction of sp³-hybridized carbons (Fsp3) is 0.833. The van der Waals surface area contributed by atoms with Gasteiger partial charge in [-0.2, -0.15) is 17.2 Å². The summed E-state index contributed by atoms with van der Waals surface area (Å²) in [4.78, 5) is 23.5. The van der Waals surface area contributed by atoms with E-state index in [0.29, 0.717) is 16.8 Å². The molecule has 0 aromatic rings. The summed E-state index contributed by atoms with van der Waals surface area (Å²) < 4.78 is 46.5. The van der Waals surface area contributed by atoms with Crippen LogP contribution in [0.3, 0.4) is 0 Å². The summed E-state index contributed by atoms with van der Waals surface area (Å²) in [6.45, 7) is 5.21. The van der Waals surface area contributed by atoms with Gasteiger partial charge in [-0.3, -0.25) is 9.46 Å². The zero-order chi connectivity index (χ0) is 20.0. The van der Waals surface area contributed by atoms with Crippen molar-refractivity contribution in [3.05, 3.63) is 0 Å². The molecule has 0 N–H and O–H groups in total. The molecule has 148 valence electrons. The lowest BCUT2D eigenvalue weighted by atomic mass is 10.5. The van der Waals surface area contributed by atoms with Gasteiger partial charge in [0.1, 0.15) is 0 Å². The number of ether oxygens (including phenoxy) is 1. The molecule has 0 saturated carbocycles. The number of carbonyl (C=O) groups excluding carboxylic acids is 2. The van der Waals surface area contributed by atoms with Crippen LogP contribution in [0.2, 0.25) is 0 Å². The molecule has 0 fully saturated rings. The first-order chi connectivity index (χ1) is 11.3. The predicted octanol–water partition coefficient (Wildman–Crippen LogP) is 4.35. The van der Waals surface area contributed by atoms with Crippen LogP contribution in [0.5, 0.6) is 0 Å². The second-order valence-electron chi connectivity index (χ2n) is 5.13. The third-order valence-corrected chi connectivity index (χ3v) is 12.8. The zero-order valence-corrected chi connectivity index (χ0v) is 18.2. The average Bonchev–Trinajstić information content (AvgIpc) is 2.49. The van der Waals surface area contributed by atoms with Crippen LogP contribution in [0.4, 0.5) is 18.0 Å². The molecule has 0 aliphatic carbocycles. The first kappa shape index (κ1) is 24.8. The third-order valence-electron chi connectivity index (χ3n) is 2.57. The molecule has 0 saturated heterocycles. The quantitative estimate of drug-likeness (QED) is 0.410. The molecule has 25 heavy (non-hydrogen) atoms. The van der Waals surface area contributed by atoms with Crippen molar-refractivity contribution in [2.45, 2.75) is 39.5 Å². The Morgan fingerprint density at radius 2 is 1.76 bits per heavy atom. The van der Waals surface area contributed by atoms with Crippen molar-refractivity contribution >= 4 is 52.9 Å². The minimum absolute atomic E-state index is 0.340. The topological polar surface area (TPSA) is 53.1 Å². The molecule has 0 aromatic heterocycles. The Hall–Kier alpha value is -0.160. The van der Waals surface area contributed by atoms with Crippen LogP contribution >= 0.6 is 29.1 Å². The Morgan fingerprint density at radius 1 is 1.24 bits per heavy atom. The minimum Gasteiger partial charge on any atom is -0.446 e. The number of hydrogen-bond acceptors (Lipinski definition) is 6. The molecule has 0 aromatic carbocycles. The molecule has 0 aliphatic heterocycles. The van der Waals surface area contributed by atoms with Crippen LogP contribution in [-0.4, -0.2) is 64.2 Å². The standard InChI is InChI=1S/C12H23F3N3O3PS3/c1-7-8-24-22(23,16(4)10(19)12(13,14)15)18(6)25-17(5)11(20)21-9(2)3/h9H,7-8H2,1-6H3. The Bertz CT molecular complexity index is 523. The fourth-order valence-electron chi connectivity index (χ4n) is 1.40. The summed E-state index contributed by atoms with van der Waals surface area (Å²) in [7, 11) is 3.93. The third kappa shape index (κ3) is 7.54. The number of nitrogens with zero attached hydrogens (tertiary/aromatic N) is 3. The maximum atomic E-state index is 12.8. The molecule has 6 nitrogen and oxygen atoms in total. The molecule has 0 aliphatic rings. The van der Waals surface area contributed by atoms with Gasteiger partial charge in [-0.05, 0) is 32.1 Å². The molecule has 0 radical (unpaired) electrons. The molecule has 2 amide bonds. The predicted molar refractivity (Wildman–Crippen MR) is 101 cm³/mol. The van der Waals surface area contributed by atoms with Crippen molar-refractivity contribution in [2.75, 3.05) is 26.9 Å². The van der Waals surface area contributed by atoms with Gasteiger partial charge in [0.2, 0.25) is 0 Å². The van der Waals surface area contributed by atoms with E-state index < -0.39 is 23.7 Å². The van der Waals surface area contributed by atoms with E-state index in [2.05, 4.69) is 0 Å². The zero-order valence-electron chi connectivity index (χ0n) is 14.9. The number of carbonyl (C=O) groups is 2. The maximum Gasteiger partial charge on any atom is 0.471 e. The Balaban J connectivity index is 5.39. The normalized spacial score (nSPS) is 14.4. The van der Waals surface area contributed by atoms with E-state index in [1.54, 1.807) is 13.8 Å². The fourth-order valence-corrected chi connectivity index (χ4v) is 8.71. The van der Waals surface area contributed by atoms with Gasteiger partial charge in [0.15, 0.2) is 5.54 Å². The van der Waals surface area contributed by atoms with Crippen molar-refractivity contribution in [3.8, 4) is 0 Å². The molecular weight excluding hydrogens is 418 g/mol. The summed E-state index contributed by atoms with van der Waals surface area (Å²) in [5, 5.41) is 0. The van der Waals surface area contributed by atoms with Gasteiger partial charge in [-0.25, -0.2) is 9.10 Å². The molecular formula is C12H23F3N3O3PS3. The SMILES string of the molecule is CCCSP(=S)(N(C)SN(C)C(=O)OC(C)C)N(C)C(=O)C(F)(F)F. The second kappa shape index (κ2) is 10.2. The van der Waals surface area contributed by atoms with E-state index in [4.69, 9.17) is 16.5 Å². The average molecular weight is 442 g/mol. The van der Waals surface area contributed by atoms with Crippen LogP contribution in [0.15, 0.2) is 0 Å². The molecule has 0 rings (SSSR count). The van der Waals surface area contributed by atoms with Gasteiger partial charge >= 0.3 is 18.2 Å². The van der Waals surface area contributed by atoms with Gasteiger partial charge in [0, 0.05) is 26.9 Å². The number of amides is 2. The highest BCUT2D eigenvalue weighted by Crippen LogP contribution is 2.66. The molecule has 13 heteroatoms. The van der Waals surface area contributed by atoms with Gasteiger partial charge in [0.25, 0.3) is 0 Å². The number of hydrogen-bond donors (Lipinski definition) is 0. The molecule has 1 unspecified atom stereocenters. The Morgan fingerprint density at radius 3 is 2.16 bits per heavy atom. The summed E-state index contributed by atoms with van der Waals surface area (Å²) >= 11 is 7.38. The van der Waals surface area contributed by atoms with Crippen LogP contribution in [0, 0.1) is 0 Å².